The minimum absolute atomic E-state index is 0.0585. The number of rotatable bonds is 7. The highest BCUT2D eigenvalue weighted by Gasteiger charge is 2.14. The van der Waals surface area contributed by atoms with Crippen molar-refractivity contribution >= 4 is 34.1 Å². The maximum absolute atomic E-state index is 13.5. The molecule has 0 bridgehead atoms. The summed E-state index contributed by atoms with van der Waals surface area (Å²) >= 11 is 5.85. The largest absolute Gasteiger partial charge is 0.494 e. The predicted molar refractivity (Wildman–Crippen MR) is 126 cm³/mol. The average Bonchev–Trinajstić information content (AvgIpc) is 2.82. The van der Waals surface area contributed by atoms with Crippen LogP contribution in [0.25, 0.3) is 10.9 Å². The number of nitrogens with one attached hydrogen (secondary N) is 1. The monoisotopic (exact) mass is 470 g/mol. The van der Waals surface area contributed by atoms with Crippen LogP contribution in [0.5, 0.6) is 17.4 Å². The summed E-state index contributed by atoms with van der Waals surface area (Å²) in [6.45, 7) is 2.87. The number of benzene rings is 2. The smallest absolute Gasteiger partial charge is 0.248 e. The van der Waals surface area contributed by atoms with Crippen molar-refractivity contribution in [2.45, 2.75) is 19.3 Å². The Bertz CT molecular complexity index is 1180. The lowest BCUT2D eigenvalue weighted by atomic mass is 10.1. The van der Waals surface area contributed by atoms with Crippen molar-refractivity contribution < 1.29 is 18.7 Å². The van der Waals surface area contributed by atoms with E-state index >= 15 is 0 Å². The van der Waals surface area contributed by atoms with Crippen LogP contribution in [0, 0.1) is 5.82 Å². The Kier molecular flexibility index (Phi) is 7.36. The molecule has 1 amide bonds. The van der Waals surface area contributed by atoms with E-state index in [2.05, 4.69) is 20.2 Å². The number of hydrogen-bond acceptors (Lipinski definition) is 6. The van der Waals surface area contributed by atoms with E-state index in [9.17, 15) is 9.18 Å². The molecule has 1 N–H and O–H groups in total. The van der Waals surface area contributed by atoms with Gasteiger partial charge in [-0.15, -0.1) is 0 Å². The lowest BCUT2D eigenvalue weighted by Crippen LogP contribution is -2.29. The third-order valence-electron chi connectivity index (χ3n) is 5.37. The van der Waals surface area contributed by atoms with Crippen molar-refractivity contribution in [3.8, 4) is 17.4 Å². The molecule has 0 saturated carbocycles. The second-order valence-electron chi connectivity index (χ2n) is 7.68. The highest BCUT2D eigenvalue weighted by atomic mass is 35.5. The van der Waals surface area contributed by atoms with Crippen LogP contribution in [0.3, 0.4) is 0 Å². The van der Waals surface area contributed by atoms with Gasteiger partial charge in [0.25, 0.3) is 0 Å². The molecule has 172 valence electrons. The van der Waals surface area contributed by atoms with Gasteiger partial charge in [-0.25, -0.2) is 14.4 Å². The maximum Gasteiger partial charge on any atom is 0.248 e. The van der Waals surface area contributed by atoms with Gasteiger partial charge in [0, 0.05) is 24.8 Å². The van der Waals surface area contributed by atoms with Gasteiger partial charge in [0.2, 0.25) is 11.8 Å². The Balaban J connectivity index is 1.55. The third kappa shape index (κ3) is 5.77. The summed E-state index contributed by atoms with van der Waals surface area (Å²) in [4.78, 5) is 23.3. The van der Waals surface area contributed by atoms with Crippen LogP contribution in [0.15, 0.2) is 48.8 Å². The normalized spacial score (nSPS) is 14.5. The molecule has 4 rings (SSSR count). The number of amides is 1. The molecule has 0 radical (unpaired) electrons. The van der Waals surface area contributed by atoms with Crippen LogP contribution in [-0.2, 0) is 4.79 Å². The first-order valence-corrected chi connectivity index (χ1v) is 11.1. The highest BCUT2D eigenvalue weighted by molar-refractivity contribution is 6.30. The molecule has 2 aromatic carbocycles. The summed E-state index contributed by atoms with van der Waals surface area (Å²) < 4.78 is 24.7. The first-order valence-electron chi connectivity index (χ1n) is 10.7. The van der Waals surface area contributed by atoms with Gasteiger partial charge in [-0.05, 0) is 44.1 Å². The van der Waals surface area contributed by atoms with E-state index in [1.165, 1.54) is 57.0 Å². The molecule has 9 heteroatoms. The summed E-state index contributed by atoms with van der Waals surface area (Å²) in [5, 5.41) is 3.34. The summed E-state index contributed by atoms with van der Waals surface area (Å²) in [7, 11) is 1.52. The first-order chi connectivity index (χ1) is 16.0. The zero-order valence-corrected chi connectivity index (χ0v) is 18.9. The molecular weight excluding hydrogens is 447 g/mol. The average molecular weight is 471 g/mol. The summed E-state index contributed by atoms with van der Waals surface area (Å²) in [6.07, 6.45) is 8.41. The van der Waals surface area contributed by atoms with Crippen LogP contribution in [0.2, 0.25) is 5.02 Å². The number of piperidine rings is 1. The Labute approximate surface area is 196 Å². The molecule has 0 atom stereocenters. The standard InChI is InChI=1S/C24H24ClFN4O3/c1-32-22-14-20-17(24(28-15-27-20)33-16-7-8-19(26)18(25)12-16)13-21(22)29-23(31)6-5-11-30-9-3-2-4-10-30/h5-8,12-15H,2-4,9-11H2,1H3,(H,29,31)/b6-5+. The van der Waals surface area contributed by atoms with Crippen LogP contribution in [-0.4, -0.2) is 47.5 Å². The number of fused-ring (bicyclic) bond motifs is 1. The first kappa shape index (κ1) is 22.9. The number of halogens is 2. The van der Waals surface area contributed by atoms with Gasteiger partial charge in [0.15, 0.2) is 0 Å². The Morgan fingerprint density at radius 2 is 2.03 bits per heavy atom. The maximum atomic E-state index is 13.5. The lowest BCUT2D eigenvalue weighted by molar-refractivity contribution is -0.111. The van der Waals surface area contributed by atoms with Crippen molar-refractivity contribution in [3.63, 3.8) is 0 Å². The van der Waals surface area contributed by atoms with Gasteiger partial charge in [0.05, 0.1) is 28.7 Å². The number of likely N-dealkylation sites (tertiary alicyclic amines) is 1. The molecule has 0 aliphatic carbocycles. The molecule has 7 nitrogen and oxygen atoms in total. The quantitative estimate of drug-likeness (QED) is 0.478. The number of methoxy groups -OCH3 is 1. The van der Waals surface area contributed by atoms with Crippen LogP contribution in [0.4, 0.5) is 10.1 Å². The van der Waals surface area contributed by atoms with Gasteiger partial charge in [-0.3, -0.25) is 9.69 Å². The molecule has 2 heterocycles. The van der Waals surface area contributed by atoms with Crippen molar-refractivity contribution in [3.05, 3.63) is 59.7 Å². The number of ether oxygens (including phenoxy) is 2. The molecule has 0 spiro atoms. The number of anilines is 1. The lowest BCUT2D eigenvalue weighted by Gasteiger charge is -2.24. The second-order valence-corrected chi connectivity index (χ2v) is 8.09. The van der Waals surface area contributed by atoms with E-state index in [4.69, 9.17) is 21.1 Å². The minimum Gasteiger partial charge on any atom is -0.494 e. The van der Waals surface area contributed by atoms with E-state index in [0.717, 1.165) is 19.6 Å². The number of carbonyl (C=O) groups excluding carboxylic acids is 1. The molecule has 1 saturated heterocycles. The van der Waals surface area contributed by atoms with E-state index in [0.29, 0.717) is 28.1 Å². The zero-order valence-electron chi connectivity index (χ0n) is 18.2. The van der Waals surface area contributed by atoms with Crippen LogP contribution < -0.4 is 14.8 Å². The van der Waals surface area contributed by atoms with E-state index in [1.807, 2.05) is 6.08 Å². The summed E-state index contributed by atoms with van der Waals surface area (Å²) in [5.41, 5.74) is 1.01. The molecule has 3 aromatic rings. The fourth-order valence-electron chi connectivity index (χ4n) is 3.69. The van der Waals surface area contributed by atoms with Crippen LogP contribution >= 0.6 is 11.6 Å². The number of hydrogen-bond donors (Lipinski definition) is 1. The van der Waals surface area contributed by atoms with E-state index in [1.54, 1.807) is 12.1 Å². The highest BCUT2D eigenvalue weighted by Crippen LogP contribution is 2.35. The summed E-state index contributed by atoms with van der Waals surface area (Å²) in [5.74, 6) is 0.202. The number of aromatic nitrogens is 2. The molecular formula is C24H24ClFN4O3. The fourth-order valence-corrected chi connectivity index (χ4v) is 3.86. The molecule has 1 fully saturated rings. The zero-order chi connectivity index (χ0) is 23.2. The van der Waals surface area contributed by atoms with Crippen molar-refractivity contribution in [2.75, 3.05) is 32.1 Å². The van der Waals surface area contributed by atoms with Crippen molar-refractivity contribution in [1.29, 1.82) is 0 Å². The Morgan fingerprint density at radius 3 is 2.79 bits per heavy atom. The van der Waals surface area contributed by atoms with Gasteiger partial charge < -0.3 is 14.8 Å². The molecule has 0 unspecified atom stereocenters. The third-order valence-corrected chi connectivity index (χ3v) is 5.65. The second kappa shape index (κ2) is 10.6. The molecule has 33 heavy (non-hydrogen) atoms. The predicted octanol–water partition coefficient (Wildman–Crippen LogP) is 5.20. The van der Waals surface area contributed by atoms with E-state index < -0.39 is 5.82 Å². The van der Waals surface area contributed by atoms with E-state index in [-0.39, 0.29) is 16.8 Å². The minimum atomic E-state index is -0.542. The van der Waals surface area contributed by atoms with Gasteiger partial charge in [0.1, 0.15) is 23.6 Å². The number of carbonyl (C=O) groups is 1. The SMILES string of the molecule is COc1cc2ncnc(Oc3ccc(F)c(Cl)c3)c2cc1NC(=O)/C=C/CN1CCCCC1. The van der Waals surface area contributed by atoms with Crippen molar-refractivity contribution in [2.24, 2.45) is 0 Å². The fraction of sp³-hybridized carbons (Fsp3) is 0.292. The topological polar surface area (TPSA) is 76.6 Å². The summed E-state index contributed by atoms with van der Waals surface area (Å²) in [6, 6.07) is 7.41. The molecule has 1 aromatic heterocycles. The number of nitrogens with zero attached hydrogens (tertiary/aromatic N) is 3. The Morgan fingerprint density at radius 1 is 1.21 bits per heavy atom. The van der Waals surface area contributed by atoms with Gasteiger partial charge in [-0.1, -0.05) is 24.1 Å². The molecule has 1 aliphatic rings. The Hall–Kier alpha value is -3.23. The van der Waals surface area contributed by atoms with Crippen molar-refractivity contribution in [1.82, 2.24) is 14.9 Å². The van der Waals surface area contributed by atoms with Gasteiger partial charge in [-0.2, -0.15) is 0 Å². The van der Waals surface area contributed by atoms with Gasteiger partial charge >= 0.3 is 0 Å². The van der Waals surface area contributed by atoms with Crippen LogP contribution in [0.1, 0.15) is 19.3 Å². The molecule has 1 aliphatic heterocycles.